The van der Waals surface area contributed by atoms with E-state index in [0.717, 1.165) is 44.2 Å². The molecule has 3 aromatic heterocycles. The van der Waals surface area contributed by atoms with Crippen LogP contribution in [0.4, 0.5) is 0 Å². The summed E-state index contributed by atoms with van der Waals surface area (Å²) in [7, 11) is 0. The molecule has 1 aliphatic rings. The molecule has 1 aliphatic carbocycles. The summed E-state index contributed by atoms with van der Waals surface area (Å²) in [5.74, 6) is -0.390. The van der Waals surface area contributed by atoms with Crippen LogP contribution < -0.4 is 16.1 Å². The van der Waals surface area contributed by atoms with E-state index in [1.807, 2.05) is 18.2 Å². The van der Waals surface area contributed by atoms with Crippen molar-refractivity contribution in [2.24, 2.45) is 0 Å². The first-order chi connectivity index (χ1) is 17.1. The zero-order valence-electron chi connectivity index (χ0n) is 19.9. The lowest BCUT2D eigenvalue weighted by Gasteiger charge is -2.21. The van der Waals surface area contributed by atoms with Crippen LogP contribution in [0.15, 0.2) is 64.4 Å². The smallest absolute Gasteiger partial charge is 0.257 e. The predicted molar refractivity (Wildman–Crippen MR) is 132 cm³/mol. The van der Waals surface area contributed by atoms with Gasteiger partial charge in [-0.15, -0.1) is 0 Å². The van der Waals surface area contributed by atoms with Gasteiger partial charge in [0.15, 0.2) is 0 Å². The lowest BCUT2D eigenvalue weighted by Crippen LogP contribution is -2.40. The van der Waals surface area contributed by atoms with E-state index in [9.17, 15) is 14.4 Å². The lowest BCUT2D eigenvalue weighted by atomic mass is 9.96. The molecule has 3 aromatic rings. The van der Waals surface area contributed by atoms with Crippen molar-refractivity contribution in [3.63, 3.8) is 0 Å². The minimum absolute atomic E-state index is 0.0151. The molecule has 35 heavy (non-hydrogen) atoms. The fourth-order valence-corrected chi connectivity index (χ4v) is 4.41. The highest BCUT2D eigenvalue weighted by molar-refractivity contribution is 5.99. The fourth-order valence-electron chi connectivity index (χ4n) is 4.41. The summed E-state index contributed by atoms with van der Waals surface area (Å²) in [5, 5.41) is 5.77. The van der Waals surface area contributed by atoms with E-state index in [-0.39, 0.29) is 23.7 Å². The Morgan fingerprint density at radius 1 is 0.971 bits per heavy atom. The number of carbonyl (C=O) groups excluding carboxylic acids is 2. The van der Waals surface area contributed by atoms with Crippen molar-refractivity contribution >= 4 is 11.8 Å². The van der Waals surface area contributed by atoms with E-state index in [2.05, 4.69) is 15.6 Å². The zero-order chi connectivity index (χ0) is 24.5. The minimum Gasteiger partial charge on any atom is -0.467 e. The molecule has 4 rings (SSSR count). The van der Waals surface area contributed by atoms with Gasteiger partial charge in [-0.1, -0.05) is 38.2 Å². The Labute approximate surface area is 204 Å². The topological polar surface area (TPSA) is 106 Å². The Balaban J connectivity index is 1.56. The van der Waals surface area contributed by atoms with Gasteiger partial charge in [-0.2, -0.15) is 0 Å². The second kappa shape index (κ2) is 12.1. The van der Waals surface area contributed by atoms with Gasteiger partial charge in [0.2, 0.25) is 5.43 Å². The third-order valence-electron chi connectivity index (χ3n) is 6.36. The summed E-state index contributed by atoms with van der Waals surface area (Å²) in [5.41, 5.74) is 0.233. The minimum atomic E-state index is -0.570. The van der Waals surface area contributed by atoms with Crippen LogP contribution in [0.25, 0.3) is 0 Å². The largest absolute Gasteiger partial charge is 0.467 e. The molecule has 8 nitrogen and oxygen atoms in total. The van der Waals surface area contributed by atoms with Gasteiger partial charge in [0.05, 0.1) is 12.8 Å². The molecular formula is C27H32N4O4. The molecule has 0 saturated heterocycles. The second-order valence-electron chi connectivity index (χ2n) is 9.00. The standard InChI is InChI=1S/C27H32N4O4/c32-25-23(26(33)29-17-22-12-8-16-35-22)18-31(15-13-20-9-6-7-14-28-20)19-24(25)27(34)30-21-10-4-2-1-3-5-11-21/h6-9,12,14,16,18-19,21H,1-5,10-11,13,15,17H2,(H,29,33)(H,30,34). The Hall–Kier alpha value is -3.68. The number of carbonyl (C=O) groups is 2. The number of hydrogen-bond donors (Lipinski definition) is 2. The number of hydrogen-bond acceptors (Lipinski definition) is 5. The highest BCUT2D eigenvalue weighted by atomic mass is 16.3. The van der Waals surface area contributed by atoms with Crippen molar-refractivity contribution in [2.75, 3.05) is 0 Å². The van der Waals surface area contributed by atoms with Gasteiger partial charge in [-0.05, 0) is 37.1 Å². The molecule has 0 radical (unpaired) electrons. The summed E-state index contributed by atoms with van der Waals surface area (Å²) in [6.45, 7) is 0.622. The number of furan rings is 1. The van der Waals surface area contributed by atoms with E-state index >= 15 is 0 Å². The maximum absolute atomic E-state index is 13.2. The SMILES string of the molecule is O=C(NCc1ccco1)c1cn(CCc2ccccn2)cc(C(=O)NC2CCCCCCC2)c1=O. The zero-order valence-corrected chi connectivity index (χ0v) is 19.9. The number of pyridine rings is 2. The first-order valence-corrected chi connectivity index (χ1v) is 12.4. The quantitative estimate of drug-likeness (QED) is 0.514. The first kappa shape index (κ1) is 24.4. The molecular weight excluding hydrogens is 444 g/mol. The molecule has 2 amide bonds. The van der Waals surface area contributed by atoms with Crippen molar-refractivity contribution < 1.29 is 14.0 Å². The van der Waals surface area contributed by atoms with Gasteiger partial charge < -0.3 is 19.6 Å². The molecule has 0 aromatic carbocycles. The Morgan fingerprint density at radius 2 is 1.71 bits per heavy atom. The average Bonchev–Trinajstić information content (AvgIpc) is 3.38. The number of rotatable bonds is 8. The van der Waals surface area contributed by atoms with Gasteiger partial charge in [0.1, 0.15) is 16.9 Å². The van der Waals surface area contributed by atoms with Crippen molar-refractivity contribution in [3.8, 4) is 0 Å². The third kappa shape index (κ3) is 6.91. The maximum Gasteiger partial charge on any atom is 0.257 e. The van der Waals surface area contributed by atoms with E-state index in [1.165, 1.54) is 18.9 Å². The van der Waals surface area contributed by atoms with Gasteiger partial charge in [-0.3, -0.25) is 19.4 Å². The van der Waals surface area contributed by atoms with Gasteiger partial charge in [0, 0.05) is 43.3 Å². The Kier molecular flexibility index (Phi) is 8.48. The molecule has 0 atom stereocenters. The highest BCUT2D eigenvalue weighted by Crippen LogP contribution is 2.17. The summed E-state index contributed by atoms with van der Waals surface area (Å²) in [4.78, 5) is 43.7. The van der Waals surface area contributed by atoms with E-state index in [0.29, 0.717) is 18.7 Å². The van der Waals surface area contributed by atoms with Crippen LogP contribution in [0.2, 0.25) is 0 Å². The lowest BCUT2D eigenvalue weighted by molar-refractivity contribution is 0.0928. The first-order valence-electron chi connectivity index (χ1n) is 12.4. The van der Waals surface area contributed by atoms with Crippen LogP contribution in [-0.4, -0.2) is 27.4 Å². The van der Waals surface area contributed by atoms with Gasteiger partial charge in [0.25, 0.3) is 11.8 Å². The Bertz CT molecular complexity index is 1160. The van der Waals surface area contributed by atoms with Crippen LogP contribution in [0.5, 0.6) is 0 Å². The van der Waals surface area contributed by atoms with Crippen molar-refractivity contribution in [2.45, 2.75) is 70.5 Å². The van der Waals surface area contributed by atoms with Crippen LogP contribution in [0, 0.1) is 0 Å². The Morgan fingerprint density at radius 3 is 2.40 bits per heavy atom. The van der Waals surface area contributed by atoms with Crippen molar-refractivity contribution in [1.29, 1.82) is 0 Å². The number of nitrogens with zero attached hydrogens (tertiary/aromatic N) is 2. The van der Waals surface area contributed by atoms with Gasteiger partial charge >= 0.3 is 0 Å². The molecule has 2 N–H and O–H groups in total. The number of amides is 2. The summed E-state index contributed by atoms with van der Waals surface area (Å²) in [6, 6.07) is 9.19. The third-order valence-corrected chi connectivity index (χ3v) is 6.36. The second-order valence-corrected chi connectivity index (χ2v) is 9.00. The highest BCUT2D eigenvalue weighted by Gasteiger charge is 2.22. The molecule has 1 saturated carbocycles. The molecule has 1 fully saturated rings. The maximum atomic E-state index is 13.2. The average molecular weight is 477 g/mol. The summed E-state index contributed by atoms with van der Waals surface area (Å²) < 4.78 is 6.98. The molecule has 184 valence electrons. The van der Waals surface area contributed by atoms with Crippen molar-refractivity contribution in [3.05, 3.63) is 88.0 Å². The number of nitrogens with one attached hydrogen (secondary N) is 2. The summed E-state index contributed by atoms with van der Waals surface area (Å²) >= 11 is 0. The fraction of sp³-hybridized carbons (Fsp3) is 0.407. The molecule has 8 heteroatoms. The predicted octanol–water partition coefficient (Wildman–Crippen LogP) is 3.85. The number of aryl methyl sites for hydroxylation is 2. The number of aromatic nitrogens is 2. The monoisotopic (exact) mass is 476 g/mol. The molecule has 0 bridgehead atoms. The van der Waals surface area contributed by atoms with Gasteiger partial charge in [-0.25, -0.2) is 0 Å². The molecule has 3 heterocycles. The van der Waals surface area contributed by atoms with Crippen LogP contribution in [-0.2, 0) is 19.5 Å². The molecule has 0 unspecified atom stereocenters. The summed E-state index contributed by atoms with van der Waals surface area (Å²) in [6.07, 6.45) is 14.4. The van der Waals surface area contributed by atoms with Crippen LogP contribution >= 0.6 is 0 Å². The normalized spacial score (nSPS) is 14.6. The molecule has 0 aliphatic heterocycles. The van der Waals surface area contributed by atoms with Crippen LogP contribution in [0.1, 0.15) is 77.1 Å². The molecule has 0 spiro atoms. The van der Waals surface area contributed by atoms with Crippen molar-refractivity contribution in [1.82, 2.24) is 20.2 Å². The van der Waals surface area contributed by atoms with E-state index in [1.54, 1.807) is 29.1 Å². The van der Waals surface area contributed by atoms with E-state index < -0.39 is 17.2 Å². The van der Waals surface area contributed by atoms with E-state index in [4.69, 9.17) is 4.42 Å². The van der Waals surface area contributed by atoms with Crippen LogP contribution in [0.3, 0.4) is 0 Å².